The zero-order chi connectivity index (χ0) is 27.6. The van der Waals surface area contributed by atoms with Crippen molar-refractivity contribution in [2.75, 3.05) is 6.54 Å². The van der Waals surface area contributed by atoms with E-state index in [1.807, 2.05) is 36.4 Å². The maximum absolute atomic E-state index is 14.3. The van der Waals surface area contributed by atoms with Gasteiger partial charge in [0.15, 0.2) is 9.84 Å². The minimum absolute atomic E-state index is 0.0131. The summed E-state index contributed by atoms with van der Waals surface area (Å²) in [6.07, 6.45) is 2.21. The second-order valence-corrected chi connectivity index (χ2v) is 14.2. The highest BCUT2D eigenvalue weighted by Crippen LogP contribution is 2.53. The third-order valence-electron chi connectivity index (χ3n) is 8.28. The minimum Gasteiger partial charge on any atom is -0.336 e. The van der Waals surface area contributed by atoms with E-state index < -0.39 is 38.0 Å². The number of amides is 2. The summed E-state index contributed by atoms with van der Waals surface area (Å²) in [5.41, 5.74) is -0.905. The molecule has 0 radical (unpaired) electrons. The number of nitrogens with zero attached hydrogens (tertiary/aromatic N) is 2. The molecule has 39 heavy (non-hydrogen) atoms. The molecule has 0 aromatic heterocycles. The normalized spacial score (nSPS) is 22.7. The number of hydrogen-bond acceptors (Lipinski definition) is 5. The van der Waals surface area contributed by atoms with Crippen LogP contribution >= 0.6 is 27.5 Å². The zero-order valence-corrected chi connectivity index (χ0v) is 24.0. The predicted molar refractivity (Wildman–Crippen MR) is 151 cm³/mol. The van der Waals surface area contributed by atoms with Crippen molar-refractivity contribution in [3.63, 3.8) is 0 Å². The van der Waals surface area contributed by atoms with Gasteiger partial charge in [0.1, 0.15) is 11.6 Å². The van der Waals surface area contributed by atoms with E-state index in [1.54, 1.807) is 12.1 Å². The summed E-state index contributed by atoms with van der Waals surface area (Å²) >= 11 is 9.85. The van der Waals surface area contributed by atoms with Gasteiger partial charge in [0.2, 0.25) is 11.8 Å². The topological polar surface area (TPSA) is 107 Å². The van der Waals surface area contributed by atoms with Crippen molar-refractivity contribution in [3.8, 4) is 6.07 Å². The first-order valence-electron chi connectivity index (χ1n) is 12.8. The molecule has 1 heterocycles. The Bertz CT molecular complexity index is 1680. The van der Waals surface area contributed by atoms with Crippen molar-refractivity contribution in [2.24, 2.45) is 0 Å². The van der Waals surface area contributed by atoms with Gasteiger partial charge in [0.25, 0.3) is 0 Å². The average molecular weight is 627 g/mol. The molecule has 6 rings (SSSR count). The van der Waals surface area contributed by atoms with Crippen LogP contribution in [0, 0.1) is 11.3 Å². The van der Waals surface area contributed by atoms with Gasteiger partial charge in [-0.2, -0.15) is 5.26 Å². The number of carbonyl (C=O) groups excluding carboxylic acids is 2. The van der Waals surface area contributed by atoms with Crippen molar-refractivity contribution < 1.29 is 18.0 Å². The number of rotatable bonds is 6. The highest BCUT2D eigenvalue weighted by molar-refractivity contribution is 9.10. The molecular formula is C29H25BrClN3O4S. The van der Waals surface area contributed by atoms with Crippen molar-refractivity contribution >= 4 is 60.0 Å². The molecule has 3 aromatic rings. The van der Waals surface area contributed by atoms with Crippen LogP contribution in [0.1, 0.15) is 37.7 Å². The van der Waals surface area contributed by atoms with Crippen LogP contribution in [-0.4, -0.2) is 48.5 Å². The van der Waals surface area contributed by atoms with Gasteiger partial charge in [-0.3, -0.25) is 9.59 Å². The fourth-order valence-corrected chi connectivity index (χ4v) is 8.43. The Morgan fingerprint density at radius 2 is 1.67 bits per heavy atom. The average Bonchev–Trinajstić information content (AvgIpc) is 3.85. The Hall–Kier alpha value is -2.93. The molecular weight excluding hydrogens is 602 g/mol. The summed E-state index contributed by atoms with van der Waals surface area (Å²) in [4.78, 5) is 29.3. The van der Waals surface area contributed by atoms with Crippen molar-refractivity contribution in [3.05, 3.63) is 75.7 Å². The molecule has 2 unspecified atom stereocenters. The van der Waals surface area contributed by atoms with Crippen LogP contribution in [0.25, 0.3) is 10.8 Å². The lowest BCUT2D eigenvalue weighted by molar-refractivity contribution is -0.140. The van der Waals surface area contributed by atoms with Gasteiger partial charge in [0.05, 0.1) is 26.7 Å². The summed E-state index contributed by atoms with van der Waals surface area (Å²) in [6.45, 7) is -0.125. The molecule has 2 amide bonds. The number of fused-ring (bicyclic) bond motifs is 1. The molecule has 1 aliphatic heterocycles. The van der Waals surface area contributed by atoms with E-state index in [0.717, 1.165) is 20.8 Å². The monoisotopic (exact) mass is 625 g/mol. The number of nitrogens with one attached hydrogen (secondary N) is 1. The second kappa shape index (κ2) is 9.33. The molecule has 2 aliphatic carbocycles. The van der Waals surface area contributed by atoms with Crippen LogP contribution in [0.4, 0.5) is 0 Å². The Kier molecular flexibility index (Phi) is 6.29. The number of carbonyl (C=O) groups is 2. The maximum Gasteiger partial charge on any atom is 0.244 e. The lowest BCUT2D eigenvalue weighted by Crippen LogP contribution is -2.51. The number of nitriles is 1. The van der Waals surface area contributed by atoms with Crippen LogP contribution in [0.15, 0.2) is 70.0 Å². The minimum atomic E-state index is -3.94. The molecule has 1 saturated heterocycles. The first-order chi connectivity index (χ1) is 18.6. The molecule has 1 N–H and O–H groups in total. The Labute approximate surface area is 240 Å². The fraction of sp³-hybridized carbons (Fsp3) is 0.345. The zero-order valence-electron chi connectivity index (χ0n) is 20.9. The summed E-state index contributed by atoms with van der Waals surface area (Å²) in [6, 6.07) is 19.0. The summed E-state index contributed by atoms with van der Waals surface area (Å²) < 4.78 is 28.3. The summed E-state index contributed by atoms with van der Waals surface area (Å²) in [7, 11) is -3.94. The first-order valence-corrected chi connectivity index (χ1v) is 15.5. The van der Waals surface area contributed by atoms with E-state index in [1.165, 1.54) is 17.0 Å². The number of benzene rings is 3. The number of halogens is 2. The summed E-state index contributed by atoms with van der Waals surface area (Å²) in [5.74, 6) is -0.746. The molecule has 0 spiro atoms. The van der Waals surface area contributed by atoms with E-state index in [9.17, 15) is 23.3 Å². The molecule has 200 valence electrons. The molecule has 10 heteroatoms. The molecule has 2 atom stereocenters. The van der Waals surface area contributed by atoms with Gasteiger partial charge in [-0.05, 0) is 66.6 Å². The first kappa shape index (κ1) is 26.3. The highest BCUT2D eigenvalue weighted by atomic mass is 79.9. The Morgan fingerprint density at radius 1 is 1.00 bits per heavy atom. The van der Waals surface area contributed by atoms with Gasteiger partial charge < -0.3 is 10.2 Å². The quantitative estimate of drug-likeness (QED) is 0.419. The lowest BCUT2D eigenvalue weighted by Gasteiger charge is -2.29. The lowest BCUT2D eigenvalue weighted by atomic mass is 9.89. The van der Waals surface area contributed by atoms with E-state index in [-0.39, 0.29) is 28.8 Å². The standard InChI is InChI=1S/C29H25BrClN3O4S/c30-22-10-9-21(19-5-1-2-6-20(19)22)29(13-14-29)27(36)34-16-18(39(37,38)25-8-4-3-7-23(25)31)15-24(34)26(35)33-28(17-32)11-12-28/h1-10,18,24H,11-16H2,(H,33,35). The van der Waals surface area contributed by atoms with Crippen molar-refractivity contribution in [1.29, 1.82) is 5.26 Å². The van der Waals surface area contributed by atoms with Crippen LogP contribution in [-0.2, 0) is 24.8 Å². The molecule has 0 bridgehead atoms. The van der Waals surface area contributed by atoms with Gasteiger partial charge in [-0.15, -0.1) is 0 Å². The van der Waals surface area contributed by atoms with E-state index in [2.05, 4.69) is 27.3 Å². The van der Waals surface area contributed by atoms with E-state index in [4.69, 9.17) is 11.6 Å². The number of likely N-dealkylation sites (tertiary alicyclic amines) is 1. The third kappa shape index (κ3) is 4.33. The number of hydrogen-bond donors (Lipinski definition) is 1. The van der Waals surface area contributed by atoms with E-state index >= 15 is 0 Å². The molecule has 3 aliphatic rings. The third-order valence-corrected chi connectivity index (χ3v) is 11.6. The Balaban J connectivity index is 1.38. The molecule has 3 fully saturated rings. The summed E-state index contributed by atoms with van der Waals surface area (Å²) in [5, 5.41) is 13.3. The van der Waals surface area contributed by atoms with Crippen LogP contribution in [0.5, 0.6) is 0 Å². The smallest absolute Gasteiger partial charge is 0.244 e. The van der Waals surface area contributed by atoms with Crippen LogP contribution < -0.4 is 5.32 Å². The predicted octanol–water partition coefficient (Wildman–Crippen LogP) is 4.90. The van der Waals surface area contributed by atoms with Gasteiger partial charge in [-0.25, -0.2) is 8.42 Å². The fourth-order valence-electron chi connectivity index (χ4n) is 5.74. The molecule has 3 aromatic carbocycles. The highest BCUT2D eigenvalue weighted by Gasteiger charge is 2.58. The molecule has 2 saturated carbocycles. The largest absolute Gasteiger partial charge is 0.336 e. The second-order valence-electron chi connectivity index (χ2n) is 10.7. The van der Waals surface area contributed by atoms with Gasteiger partial charge >= 0.3 is 0 Å². The Morgan fingerprint density at radius 3 is 2.31 bits per heavy atom. The van der Waals surface area contributed by atoms with E-state index in [0.29, 0.717) is 25.7 Å². The SMILES string of the molecule is N#CC1(NC(=O)C2CC(S(=O)(=O)c3ccccc3Cl)CN2C(=O)C2(c3ccc(Br)c4ccccc34)CC2)CC1. The van der Waals surface area contributed by atoms with Crippen molar-refractivity contribution in [1.82, 2.24) is 10.2 Å². The van der Waals surface area contributed by atoms with Crippen molar-refractivity contribution in [2.45, 2.75) is 59.2 Å². The van der Waals surface area contributed by atoms with Gasteiger partial charge in [-0.1, -0.05) is 70.0 Å². The maximum atomic E-state index is 14.3. The molecule has 7 nitrogen and oxygen atoms in total. The van der Waals surface area contributed by atoms with Crippen LogP contribution in [0.3, 0.4) is 0 Å². The number of sulfone groups is 1. The van der Waals surface area contributed by atoms with Gasteiger partial charge in [0, 0.05) is 11.0 Å². The van der Waals surface area contributed by atoms with Crippen LogP contribution in [0.2, 0.25) is 5.02 Å².